The van der Waals surface area contributed by atoms with Gasteiger partial charge in [-0.15, -0.1) is 0 Å². The molecular weight excluding hydrogens is 485 g/mol. The summed E-state index contributed by atoms with van der Waals surface area (Å²) in [6.07, 6.45) is -0.192. The molecule has 0 spiro atoms. The SMILES string of the molecule is COC(=O)c1ccc(CN(C(=O)N2CCC(O)(c3ccccc3)CC2)C2C=CC(C(F)(F)F)=CC2)cc1. The van der Waals surface area contributed by atoms with Crippen LogP contribution in [0.2, 0.25) is 0 Å². The molecule has 1 atom stereocenters. The first-order valence-corrected chi connectivity index (χ1v) is 12.1. The monoisotopic (exact) mass is 514 g/mol. The van der Waals surface area contributed by atoms with Crippen LogP contribution in [0.25, 0.3) is 0 Å². The lowest BCUT2D eigenvalue weighted by Gasteiger charge is -2.42. The third-order valence-corrected chi connectivity index (χ3v) is 6.95. The van der Waals surface area contributed by atoms with Gasteiger partial charge >= 0.3 is 18.2 Å². The highest BCUT2D eigenvalue weighted by Gasteiger charge is 2.38. The zero-order valence-electron chi connectivity index (χ0n) is 20.4. The largest absolute Gasteiger partial charge is 0.465 e. The van der Waals surface area contributed by atoms with E-state index in [0.717, 1.165) is 23.3 Å². The molecule has 2 aromatic rings. The van der Waals surface area contributed by atoms with Crippen LogP contribution in [0.3, 0.4) is 0 Å². The Morgan fingerprint density at radius 2 is 1.73 bits per heavy atom. The van der Waals surface area contributed by atoms with Gasteiger partial charge in [-0.1, -0.05) is 60.7 Å². The summed E-state index contributed by atoms with van der Waals surface area (Å²) in [6, 6.07) is 15.0. The normalized spacial score (nSPS) is 19.2. The second-order valence-corrected chi connectivity index (χ2v) is 9.30. The fraction of sp³-hybridized carbons (Fsp3) is 0.357. The van der Waals surface area contributed by atoms with Gasteiger partial charge in [-0.3, -0.25) is 0 Å². The summed E-state index contributed by atoms with van der Waals surface area (Å²) >= 11 is 0. The van der Waals surface area contributed by atoms with E-state index in [1.807, 2.05) is 30.3 Å². The van der Waals surface area contributed by atoms with Crippen LogP contribution in [0.15, 0.2) is 78.4 Å². The second-order valence-electron chi connectivity index (χ2n) is 9.30. The third kappa shape index (κ3) is 6.05. The van der Waals surface area contributed by atoms with E-state index in [2.05, 4.69) is 0 Å². The number of alkyl halides is 3. The number of hydrogen-bond acceptors (Lipinski definition) is 4. The van der Waals surface area contributed by atoms with E-state index in [1.165, 1.54) is 13.2 Å². The number of likely N-dealkylation sites (tertiary alicyclic amines) is 1. The topological polar surface area (TPSA) is 70.1 Å². The maximum Gasteiger partial charge on any atom is 0.416 e. The number of amides is 2. The van der Waals surface area contributed by atoms with Gasteiger partial charge in [0.1, 0.15) is 0 Å². The molecule has 4 rings (SSSR count). The number of carbonyl (C=O) groups excluding carboxylic acids is 2. The zero-order chi connectivity index (χ0) is 26.6. The summed E-state index contributed by atoms with van der Waals surface area (Å²) in [4.78, 5) is 28.6. The van der Waals surface area contributed by atoms with Crippen LogP contribution in [-0.2, 0) is 16.9 Å². The molecule has 1 fully saturated rings. The predicted octanol–water partition coefficient (Wildman–Crippen LogP) is 5.20. The maximum atomic E-state index is 13.7. The number of hydrogen-bond donors (Lipinski definition) is 1. The molecule has 2 aromatic carbocycles. The quantitative estimate of drug-likeness (QED) is 0.558. The van der Waals surface area contributed by atoms with Crippen LogP contribution in [0.1, 0.15) is 40.7 Å². The molecule has 1 heterocycles. The first-order valence-electron chi connectivity index (χ1n) is 12.1. The van der Waals surface area contributed by atoms with Crippen LogP contribution < -0.4 is 0 Å². The Morgan fingerprint density at radius 3 is 2.27 bits per heavy atom. The first kappa shape index (κ1) is 26.5. The summed E-state index contributed by atoms with van der Waals surface area (Å²) in [5, 5.41) is 11.1. The van der Waals surface area contributed by atoms with Crippen molar-refractivity contribution in [2.24, 2.45) is 0 Å². The Bertz CT molecular complexity index is 1170. The van der Waals surface area contributed by atoms with Crippen molar-refractivity contribution in [3.05, 3.63) is 95.1 Å². The molecule has 0 bridgehead atoms. The standard InChI is InChI=1S/C28H29F3N2O4/c1-37-25(34)21-9-7-20(8-10-21)19-33(24-13-11-23(12-14-24)28(29,30)31)26(35)32-17-15-27(36,16-18-32)22-5-3-2-4-6-22/h2-13,24,36H,14-19H2,1H3. The van der Waals surface area contributed by atoms with E-state index >= 15 is 0 Å². The Balaban J connectivity index is 1.52. The van der Waals surface area contributed by atoms with Crippen molar-refractivity contribution in [3.63, 3.8) is 0 Å². The van der Waals surface area contributed by atoms with E-state index in [1.54, 1.807) is 34.1 Å². The highest BCUT2D eigenvalue weighted by atomic mass is 19.4. The van der Waals surface area contributed by atoms with Gasteiger partial charge in [0.2, 0.25) is 0 Å². The summed E-state index contributed by atoms with van der Waals surface area (Å²) in [6.45, 7) is 0.758. The maximum absolute atomic E-state index is 13.7. The molecule has 1 N–H and O–H groups in total. The summed E-state index contributed by atoms with van der Waals surface area (Å²) in [7, 11) is 1.28. The van der Waals surface area contributed by atoms with Gasteiger partial charge in [0.25, 0.3) is 0 Å². The molecule has 196 valence electrons. The van der Waals surface area contributed by atoms with Gasteiger partial charge in [0.15, 0.2) is 0 Å². The van der Waals surface area contributed by atoms with Crippen LogP contribution in [0.4, 0.5) is 18.0 Å². The second kappa shape index (κ2) is 10.8. The molecule has 1 aliphatic carbocycles. The van der Waals surface area contributed by atoms with Gasteiger partial charge in [0, 0.05) is 19.6 Å². The van der Waals surface area contributed by atoms with Gasteiger partial charge in [-0.05, 0) is 42.5 Å². The number of piperidine rings is 1. The van der Waals surface area contributed by atoms with Crippen LogP contribution in [-0.4, -0.2) is 59.3 Å². The van der Waals surface area contributed by atoms with Gasteiger partial charge in [-0.2, -0.15) is 13.2 Å². The predicted molar refractivity (Wildman–Crippen MR) is 132 cm³/mol. The third-order valence-electron chi connectivity index (χ3n) is 6.95. The zero-order valence-corrected chi connectivity index (χ0v) is 20.4. The van der Waals surface area contributed by atoms with Gasteiger partial charge in [0.05, 0.1) is 29.9 Å². The lowest BCUT2D eigenvalue weighted by atomic mass is 9.84. The molecule has 0 radical (unpaired) electrons. The highest BCUT2D eigenvalue weighted by molar-refractivity contribution is 5.89. The fourth-order valence-corrected chi connectivity index (χ4v) is 4.72. The van der Waals surface area contributed by atoms with Crippen LogP contribution >= 0.6 is 0 Å². The first-order chi connectivity index (χ1) is 17.6. The summed E-state index contributed by atoms with van der Waals surface area (Å²) < 4.78 is 44.1. The van der Waals surface area contributed by atoms with E-state index in [9.17, 15) is 27.9 Å². The van der Waals surface area contributed by atoms with E-state index in [0.29, 0.717) is 31.5 Å². The number of urea groups is 1. The molecule has 6 nitrogen and oxygen atoms in total. The molecule has 9 heteroatoms. The number of ether oxygens (including phenoxy) is 1. The molecule has 1 saturated heterocycles. The smallest absolute Gasteiger partial charge is 0.416 e. The van der Waals surface area contributed by atoms with Crippen molar-refractivity contribution >= 4 is 12.0 Å². The van der Waals surface area contributed by atoms with Crippen molar-refractivity contribution in [1.82, 2.24) is 9.80 Å². The minimum Gasteiger partial charge on any atom is -0.465 e. The lowest BCUT2D eigenvalue weighted by Crippen LogP contribution is -2.52. The Morgan fingerprint density at radius 1 is 1.08 bits per heavy atom. The summed E-state index contributed by atoms with van der Waals surface area (Å²) in [5.41, 5.74) is 0.101. The Labute approximate surface area is 213 Å². The van der Waals surface area contributed by atoms with E-state index in [-0.39, 0.29) is 19.0 Å². The average molecular weight is 515 g/mol. The fourth-order valence-electron chi connectivity index (χ4n) is 4.72. The average Bonchev–Trinajstić information content (AvgIpc) is 2.92. The molecule has 0 aromatic heterocycles. The number of esters is 1. The number of methoxy groups -OCH3 is 1. The Kier molecular flexibility index (Phi) is 7.73. The van der Waals surface area contributed by atoms with Crippen molar-refractivity contribution in [2.45, 2.75) is 43.6 Å². The number of nitrogens with zero attached hydrogens (tertiary/aromatic N) is 2. The van der Waals surface area contributed by atoms with Crippen LogP contribution in [0, 0.1) is 0 Å². The molecular formula is C28H29F3N2O4. The molecule has 1 aliphatic heterocycles. The van der Waals surface area contributed by atoms with E-state index in [4.69, 9.17) is 4.74 Å². The molecule has 1 unspecified atom stereocenters. The summed E-state index contributed by atoms with van der Waals surface area (Å²) in [5.74, 6) is -0.487. The molecule has 2 aliphatic rings. The van der Waals surface area contributed by atoms with Crippen LogP contribution in [0.5, 0.6) is 0 Å². The van der Waals surface area contributed by atoms with Gasteiger partial charge < -0.3 is 19.6 Å². The lowest BCUT2D eigenvalue weighted by molar-refractivity contribution is -0.0887. The minimum absolute atomic E-state index is 0.0269. The number of carbonyl (C=O) groups is 2. The number of aliphatic hydroxyl groups is 1. The molecule has 0 saturated carbocycles. The van der Waals surface area contributed by atoms with Crippen molar-refractivity contribution in [2.75, 3.05) is 20.2 Å². The minimum atomic E-state index is -4.45. The van der Waals surface area contributed by atoms with Crippen molar-refractivity contribution < 1.29 is 32.6 Å². The molecule has 2 amide bonds. The van der Waals surface area contributed by atoms with Crippen molar-refractivity contribution in [1.29, 1.82) is 0 Å². The highest BCUT2D eigenvalue weighted by Crippen LogP contribution is 2.34. The van der Waals surface area contributed by atoms with Gasteiger partial charge in [-0.25, -0.2) is 9.59 Å². The molecule has 37 heavy (non-hydrogen) atoms. The van der Waals surface area contributed by atoms with Crippen molar-refractivity contribution in [3.8, 4) is 0 Å². The number of halogens is 3. The number of benzene rings is 2. The number of allylic oxidation sites excluding steroid dienone is 2. The Hall–Kier alpha value is -3.59. The number of rotatable bonds is 5. The van der Waals surface area contributed by atoms with E-state index < -0.39 is 29.4 Å².